The summed E-state index contributed by atoms with van der Waals surface area (Å²) in [6, 6.07) is 17.8. The molecule has 0 saturated carbocycles. The van der Waals surface area contributed by atoms with Gasteiger partial charge in [-0.2, -0.15) is 5.26 Å². The van der Waals surface area contributed by atoms with Crippen LogP contribution in [0.4, 0.5) is 0 Å². The van der Waals surface area contributed by atoms with E-state index in [2.05, 4.69) is 11.1 Å². The summed E-state index contributed by atoms with van der Waals surface area (Å²) >= 11 is 1.57. The first-order valence-electron chi connectivity index (χ1n) is 7.41. The number of allylic oxidation sites excluding steroid dienone is 1. The minimum atomic E-state index is 0.515. The lowest BCUT2D eigenvalue weighted by molar-refractivity contribution is 1.21. The van der Waals surface area contributed by atoms with Crippen molar-refractivity contribution >= 4 is 27.9 Å². The molecule has 0 aliphatic rings. The summed E-state index contributed by atoms with van der Waals surface area (Å²) in [5, 5.41) is 11.6. The molecule has 0 saturated heterocycles. The Balaban J connectivity index is 1.94. The first-order chi connectivity index (χ1) is 11.9. The summed E-state index contributed by atoms with van der Waals surface area (Å²) in [6.45, 7) is 0. The van der Waals surface area contributed by atoms with Gasteiger partial charge in [-0.15, -0.1) is 11.3 Å². The fourth-order valence-electron chi connectivity index (χ4n) is 2.57. The van der Waals surface area contributed by atoms with Crippen molar-refractivity contribution < 1.29 is 0 Å². The molecule has 0 aliphatic heterocycles. The third-order valence-electron chi connectivity index (χ3n) is 3.69. The Labute approximate surface area is 143 Å². The van der Waals surface area contributed by atoms with Gasteiger partial charge in [-0.1, -0.05) is 36.4 Å². The van der Waals surface area contributed by atoms with Crippen molar-refractivity contribution in [2.24, 2.45) is 0 Å². The monoisotopic (exact) mass is 328 g/mol. The number of hydrogen-bond donors (Lipinski definition) is 0. The normalized spacial score (nSPS) is 11.5. The molecule has 4 nitrogen and oxygen atoms in total. The summed E-state index contributed by atoms with van der Waals surface area (Å²) < 4.78 is 2.01. The topological polar surface area (TPSA) is 54.0 Å². The molecule has 0 aliphatic carbocycles. The number of pyridine rings is 1. The standard InChI is InChI=1S/C19H12N4S/c20-13-15(16-8-4-5-9-21-16)12-17-18(14-6-2-1-3-7-14)22-19-23(17)10-11-24-19/h1-12H. The lowest BCUT2D eigenvalue weighted by atomic mass is 10.1. The summed E-state index contributed by atoms with van der Waals surface area (Å²) in [5.41, 5.74) is 3.95. The molecule has 114 valence electrons. The predicted molar refractivity (Wildman–Crippen MR) is 96.2 cm³/mol. The summed E-state index contributed by atoms with van der Waals surface area (Å²) in [4.78, 5) is 9.92. The molecule has 1 aromatic carbocycles. The molecule has 0 fully saturated rings. The third kappa shape index (κ3) is 2.49. The Morgan fingerprint density at radius 3 is 2.71 bits per heavy atom. The molecule has 0 bridgehead atoms. The van der Waals surface area contributed by atoms with Crippen LogP contribution < -0.4 is 0 Å². The van der Waals surface area contributed by atoms with Crippen LogP contribution in [0, 0.1) is 11.3 Å². The number of thiazole rings is 1. The fourth-order valence-corrected chi connectivity index (χ4v) is 3.29. The van der Waals surface area contributed by atoms with Crippen molar-refractivity contribution in [3.05, 3.63) is 77.7 Å². The molecule has 0 N–H and O–H groups in total. The highest BCUT2D eigenvalue weighted by molar-refractivity contribution is 7.15. The van der Waals surface area contributed by atoms with E-state index in [1.807, 2.05) is 70.6 Å². The average Bonchev–Trinajstić information content (AvgIpc) is 3.23. The van der Waals surface area contributed by atoms with Gasteiger partial charge < -0.3 is 0 Å². The van der Waals surface area contributed by atoms with Crippen LogP contribution >= 0.6 is 11.3 Å². The Kier molecular flexibility index (Phi) is 3.66. The second-order valence-corrected chi connectivity index (χ2v) is 6.03. The van der Waals surface area contributed by atoms with Gasteiger partial charge in [0.2, 0.25) is 0 Å². The van der Waals surface area contributed by atoms with Crippen LogP contribution in [0.15, 0.2) is 66.3 Å². The predicted octanol–water partition coefficient (Wildman–Crippen LogP) is 4.52. The van der Waals surface area contributed by atoms with E-state index in [4.69, 9.17) is 4.98 Å². The fraction of sp³-hybridized carbons (Fsp3) is 0. The number of fused-ring (bicyclic) bond motifs is 1. The molecule has 3 aromatic heterocycles. The van der Waals surface area contributed by atoms with Crippen LogP contribution in [-0.4, -0.2) is 14.4 Å². The van der Waals surface area contributed by atoms with Crippen LogP contribution in [0.5, 0.6) is 0 Å². The van der Waals surface area contributed by atoms with E-state index in [0.29, 0.717) is 11.3 Å². The maximum atomic E-state index is 9.58. The Bertz CT molecular complexity index is 1050. The maximum Gasteiger partial charge on any atom is 0.194 e. The molecule has 0 amide bonds. The Hall–Kier alpha value is -3.23. The first-order valence-corrected chi connectivity index (χ1v) is 8.29. The molecular formula is C19H12N4S. The molecule has 4 aromatic rings. The lowest BCUT2D eigenvalue weighted by Crippen LogP contribution is -1.90. The van der Waals surface area contributed by atoms with E-state index in [0.717, 1.165) is 21.9 Å². The minimum absolute atomic E-state index is 0.515. The van der Waals surface area contributed by atoms with E-state index in [1.165, 1.54) is 0 Å². The largest absolute Gasteiger partial charge is 0.290 e. The van der Waals surface area contributed by atoms with Crippen molar-refractivity contribution in [3.8, 4) is 17.3 Å². The number of hydrogen-bond acceptors (Lipinski definition) is 4. The molecule has 0 radical (unpaired) electrons. The van der Waals surface area contributed by atoms with E-state index >= 15 is 0 Å². The molecule has 24 heavy (non-hydrogen) atoms. The zero-order valence-corrected chi connectivity index (χ0v) is 13.4. The second-order valence-electron chi connectivity index (χ2n) is 5.15. The van der Waals surface area contributed by atoms with Crippen LogP contribution in [0.3, 0.4) is 0 Å². The smallest absolute Gasteiger partial charge is 0.194 e. The van der Waals surface area contributed by atoms with E-state index in [1.54, 1.807) is 17.5 Å². The number of rotatable bonds is 3. The highest BCUT2D eigenvalue weighted by Gasteiger charge is 2.14. The molecule has 5 heteroatoms. The highest BCUT2D eigenvalue weighted by atomic mass is 32.1. The Morgan fingerprint density at radius 1 is 1.12 bits per heavy atom. The molecule has 4 rings (SSSR count). The zero-order chi connectivity index (χ0) is 16.4. The third-order valence-corrected chi connectivity index (χ3v) is 4.45. The summed E-state index contributed by atoms with van der Waals surface area (Å²) in [7, 11) is 0. The number of imidazole rings is 1. The van der Waals surface area contributed by atoms with Gasteiger partial charge in [0, 0.05) is 23.3 Å². The van der Waals surface area contributed by atoms with Gasteiger partial charge in [0.15, 0.2) is 4.96 Å². The van der Waals surface area contributed by atoms with Crippen molar-refractivity contribution in [2.75, 3.05) is 0 Å². The van der Waals surface area contributed by atoms with E-state index in [-0.39, 0.29) is 0 Å². The van der Waals surface area contributed by atoms with Crippen LogP contribution in [0.1, 0.15) is 11.4 Å². The summed E-state index contributed by atoms with van der Waals surface area (Å²) in [5.74, 6) is 0. The van der Waals surface area contributed by atoms with Gasteiger partial charge in [-0.05, 0) is 18.2 Å². The molecule has 0 spiro atoms. The first kappa shape index (κ1) is 14.4. The van der Waals surface area contributed by atoms with Gasteiger partial charge in [0.1, 0.15) is 6.07 Å². The lowest BCUT2D eigenvalue weighted by Gasteiger charge is -2.02. The number of nitrogens with zero attached hydrogens (tertiary/aromatic N) is 4. The van der Waals surface area contributed by atoms with Crippen molar-refractivity contribution in [1.29, 1.82) is 5.26 Å². The Morgan fingerprint density at radius 2 is 1.96 bits per heavy atom. The highest BCUT2D eigenvalue weighted by Crippen LogP contribution is 2.29. The minimum Gasteiger partial charge on any atom is -0.290 e. The van der Waals surface area contributed by atoms with Gasteiger partial charge in [0.05, 0.1) is 22.7 Å². The van der Waals surface area contributed by atoms with Crippen LogP contribution in [0.2, 0.25) is 0 Å². The molecular weight excluding hydrogens is 316 g/mol. The van der Waals surface area contributed by atoms with Crippen molar-refractivity contribution in [3.63, 3.8) is 0 Å². The van der Waals surface area contributed by atoms with Gasteiger partial charge in [-0.3, -0.25) is 9.38 Å². The van der Waals surface area contributed by atoms with Crippen molar-refractivity contribution in [2.45, 2.75) is 0 Å². The van der Waals surface area contributed by atoms with Gasteiger partial charge in [0.25, 0.3) is 0 Å². The van der Waals surface area contributed by atoms with Crippen LogP contribution in [0.25, 0.3) is 27.9 Å². The quantitative estimate of drug-likeness (QED) is 0.519. The SMILES string of the molecule is N#CC(=Cc1c(-c2ccccc2)nc2sccn12)c1ccccn1. The number of nitriles is 1. The zero-order valence-electron chi connectivity index (χ0n) is 12.6. The van der Waals surface area contributed by atoms with E-state index < -0.39 is 0 Å². The molecule has 0 atom stereocenters. The molecule has 3 heterocycles. The van der Waals surface area contributed by atoms with Crippen molar-refractivity contribution in [1.82, 2.24) is 14.4 Å². The maximum absolute atomic E-state index is 9.58. The van der Waals surface area contributed by atoms with Gasteiger partial charge >= 0.3 is 0 Å². The van der Waals surface area contributed by atoms with Crippen LogP contribution in [-0.2, 0) is 0 Å². The average molecular weight is 328 g/mol. The van der Waals surface area contributed by atoms with E-state index in [9.17, 15) is 5.26 Å². The molecule has 0 unspecified atom stereocenters. The van der Waals surface area contributed by atoms with Gasteiger partial charge in [-0.25, -0.2) is 4.98 Å². The number of aromatic nitrogens is 3. The summed E-state index contributed by atoms with van der Waals surface area (Å²) in [6.07, 6.45) is 5.52. The second kappa shape index (κ2) is 6.11. The number of benzene rings is 1.